The average Bonchev–Trinajstić information content (AvgIpc) is 2.63. The fraction of sp³-hybridized carbons (Fsp3) is 0.278. The molecule has 0 fully saturated rings. The van der Waals surface area contributed by atoms with Crippen molar-refractivity contribution in [2.75, 3.05) is 7.11 Å². The number of ether oxygens (including phenoxy) is 2. The maximum absolute atomic E-state index is 11.5. The minimum Gasteiger partial charge on any atom is -0.465 e. The number of nitrogens with zero attached hydrogens (tertiary/aromatic N) is 2. The molecule has 5 nitrogen and oxygen atoms in total. The first-order chi connectivity index (χ1) is 11.3. The van der Waals surface area contributed by atoms with E-state index in [2.05, 4.69) is 20.8 Å². The molecular weight excluding hydrogens is 292 g/mol. The maximum Gasteiger partial charge on any atom is 0.337 e. The fourth-order valence-electron chi connectivity index (χ4n) is 2.56. The highest BCUT2D eigenvalue weighted by Crippen LogP contribution is 2.32. The molecule has 0 unspecified atom stereocenters. The van der Waals surface area contributed by atoms with Crippen LogP contribution in [0.2, 0.25) is 0 Å². The minimum atomic E-state index is -0.371. The second-order valence-corrected chi connectivity index (χ2v) is 5.30. The molecule has 1 aromatic heterocycles. The molecule has 0 radical (unpaired) electrons. The van der Waals surface area contributed by atoms with E-state index in [9.17, 15) is 4.79 Å². The fourth-order valence-corrected chi connectivity index (χ4v) is 2.56. The van der Waals surface area contributed by atoms with Crippen molar-refractivity contribution in [2.45, 2.75) is 25.7 Å². The monoisotopic (exact) mass is 310 g/mol. The summed E-state index contributed by atoms with van der Waals surface area (Å²) in [5.41, 5.74) is 2.46. The smallest absolute Gasteiger partial charge is 0.337 e. The SMILES string of the molecule is COC(=O)c1ccc(Oc2nccnc2C2=CCCCC2)cc1. The Kier molecular flexibility index (Phi) is 4.66. The van der Waals surface area contributed by atoms with Crippen LogP contribution in [0.15, 0.2) is 42.7 Å². The third kappa shape index (κ3) is 3.56. The average molecular weight is 310 g/mol. The number of allylic oxidation sites excluding steroid dienone is 2. The lowest BCUT2D eigenvalue weighted by Gasteiger charge is -2.14. The Hall–Kier alpha value is -2.69. The first kappa shape index (κ1) is 15.2. The van der Waals surface area contributed by atoms with Crippen LogP contribution >= 0.6 is 0 Å². The van der Waals surface area contributed by atoms with Gasteiger partial charge in [0.25, 0.3) is 0 Å². The standard InChI is InChI=1S/C18H18N2O3/c1-22-18(21)14-7-9-15(10-8-14)23-17-16(19-11-12-20-17)13-5-3-2-4-6-13/h5,7-12H,2-4,6H2,1H3. The molecule has 1 heterocycles. The summed E-state index contributed by atoms with van der Waals surface area (Å²) in [6, 6.07) is 6.77. The molecular formula is C18H18N2O3. The Bertz CT molecular complexity index is 723. The molecule has 0 saturated heterocycles. The van der Waals surface area contributed by atoms with Crippen molar-refractivity contribution >= 4 is 11.5 Å². The number of carbonyl (C=O) groups excluding carboxylic acids is 1. The second-order valence-electron chi connectivity index (χ2n) is 5.30. The molecule has 1 aromatic carbocycles. The topological polar surface area (TPSA) is 61.3 Å². The van der Waals surface area contributed by atoms with Gasteiger partial charge < -0.3 is 9.47 Å². The lowest BCUT2D eigenvalue weighted by atomic mass is 9.97. The van der Waals surface area contributed by atoms with Crippen molar-refractivity contribution in [3.05, 3.63) is 54.0 Å². The number of hydrogen-bond donors (Lipinski definition) is 0. The zero-order valence-electron chi connectivity index (χ0n) is 13.0. The number of methoxy groups -OCH3 is 1. The van der Waals surface area contributed by atoms with Crippen molar-refractivity contribution in [3.63, 3.8) is 0 Å². The van der Waals surface area contributed by atoms with E-state index in [4.69, 9.17) is 4.74 Å². The maximum atomic E-state index is 11.5. The molecule has 0 atom stereocenters. The first-order valence-corrected chi connectivity index (χ1v) is 7.64. The summed E-state index contributed by atoms with van der Waals surface area (Å²) in [4.78, 5) is 20.2. The van der Waals surface area contributed by atoms with Gasteiger partial charge in [-0.2, -0.15) is 0 Å². The van der Waals surface area contributed by atoms with E-state index < -0.39 is 0 Å². The van der Waals surface area contributed by atoms with Crippen LogP contribution in [-0.2, 0) is 4.74 Å². The minimum absolute atomic E-state index is 0.371. The lowest BCUT2D eigenvalue weighted by Crippen LogP contribution is -2.02. The number of carbonyl (C=O) groups is 1. The summed E-state index contributed by atoms with van der Waals surface area (Å²) in [6.45, 7) is 0. The summed E-state index contributed by atoms with van der Waals surface area (Å²) < 4.78 is 10.5. The Balaban J connectivity index is 1.83. The Morgan fingerprint density at radius 3 is 2.57 bits per heavy atom. The van der Waals surface area contributed by atoms with Gasteiger partial charge in [-0.1, -0.05) is 6.08 Å². The van der Waals surface area contributed by atoms with Crippen LogP contribution in [0, 0.1) is 0 Å². The summed E-state index contributed by atoms with van der Waals surface area (Å²) in [6.07, 6.45) is 9.95. The van der Waals surface area contributed by atoms with Crippen molar-refractivity contribution < 1.29 is 14.3 Å². The van der Waals surface area contributed by atoms with E-state index in [1.807, 2.05) is 0 Å². The number of rotatable bonds is 4. The van der Waals surface area contributed by atoms with Crippen LogP contribution in [0.5, 0.6) is 11.6 Å². The van der Waals surface area contributed by atoms with Crippen molar-refractivity contribution in [2.24, 2.45) is 0 Å². The van der Waals surface area contributed by atoms with Crippen LogP contribution in [0.4, 0.5) is 0 Å². The molecule has 0 bridgehead atoms. The molecule has 1 aliphatic carbocycles. The number of benzene rings is 1. The van der Waals surface area contributed by atoms with Crippen molar-refractivity contribution in [1.29, 1.82) is 0 Å². The molecule has 5 heteroatoms. The van der Waals surface area contributed by atoms with Gasteiger partial charge in [-0.3, -0.25) is 0 Å². The van der Waals surface area contributed by atoms with Crippen LogP contribution in [0.3, 0.4) is 0 Å². The Morgan fingerprint density at radius 2 is 1.87 bits per heavy atom. The Labute approximate surface area is 135 Å². The highest BCUT2D eigenvalue weighted by atomic mass is 16.5. The predicted octanol–water partition coefficient (Wildman–Crippen LogP) is 4.01. The molecule has 0 N–H and O–H groups in total. The van der Waals surface area contributed by atoms with E-state index >= 15 is 0 Å². The number of esters is 1. The van der Waals surface area contributed by atoms with Gasteiger partial charge in [-0.25, -0.2) is 14.8 Å². The molecule has 0 saturated carbocycles. The zero-order valence-corrected chi connectivity index (χ0v) is 13.0. The predicted molar refractivity (Wildman–Crippen MR) is 86.3 cm³/mol. The number of aromatic nitrogens is 2. The summed E-state index contributed by atoms with van der Waals surface area (Å²) in [5.74, 6) is 0.728. The molecule has 0 aliphatic heterocycles. The van der Waals surface area contributed by atoms with Gasteiger partial charge in [0.15, 0.2) is 0 Å². The van der Waals surface area contributed by atoms with Crippen molar-refractivity contribution in [1.82, 2.24) is 9.97 Å². The van der Waals surface area contributed by atoms with Gasteiger partial charge in [0.1, 0.15) is 11.4 Å². The van der Waals surface area contributed by atoms with E-state index in [0.717, 1.165) is 25.0 Å². The molecule has 3 rings (SSSR count). The third-order valence-corrected chi connectivity index (χ3v) is 3.75. The van der Waals surface area contributed by atoms with E-state index in [0.29, 0.717) is 17.2 Å². The number of hydrogen-bond acceptors (Lipinski definition) is 5. The van der Waals surface area contributed by atoms with Crippen LogP contribution in [-0.4, -0.2) is 23.0 Å². The summed E-state index contributed by atoms with van der Waals surface area (Å²) in [5, 5.41) is 0. The molecule has 1 aliphatic rings. The summed E-state index contributed by atoms with van der Waals surface area (Å²) >= 11 is 0. The molecule has 23 heavy (non-hydrogen) atoms. The van der Waals surface area contributed by atoms with Crippen LogP contribution < -0.4 is 4.74 Å². The summed E-state index contributed by atoms with van der Waals surface area (Å²) in [7, 11) is 1.36. The molecule has 118 valence electrons. The van der Waals surface area contributed by atoms with Gasteiger partial charge in [0.05, 0.1) is 12.7 Å². The highest BCUT2D eigenvalue weighted by Gasteiger charge is 2.15. The van der Waals surface area contributed by atoms with Crippen LogP contribution in [0.25, 0.3) is 5.57 Å². The molecule has 0 spiro atoms. The Morgan fingerprint density at radius 1 is 1.09 bits per heavy atom. The van der Waals surface area contributed by atoms with Gasteiger partial charge in [-0.05, 0) is 55.5 Å². The lowest BCUT2D eigenvalue weighted by molar-refractivity contribution is 0.0600. The van der Waals surface area contributed by atoms with E-state index in [-0.39, 0.29) is 5.97 Å². The van der Waals surface area contributed by atoms with Gasteiger partial charge in [0, 0.05) is 12.4 Å². The highest BCUT2D eigenvalue weighted by molar-refractivity contribution is 5.89. The molecule has 2 aromatic rings. The largest absolute Gasteiger partial charge is 0.465 e. The zero-order chi connectivity index (χ0) is 16.1. The van der Waals surface area contributed by atoms with Gasteiger partial charge in [0.2, 0.25) is 5.88 Å². The molecule has 0 amide bonds. The van der Waals surface area contributed by atoms with E-state index in [1.165, 1.54) is 19.1 Å². The van der Waals surface area contributed by atoms with Gasteiger partial charge >= 0.3 is 5.97 Å². The van der Waals surface area contributed by atoms with Gasteiger partial charge in [-0.15, -0.1) is 0 Å². The normalized spacial score (nSPS) is 14.0. The first-order valence-electron chi connectivity index (χ1n) is 7.64. The quantitative estimate of drug-likeness (QED) is 0.798. The third-order valence-electron chi connectivity index (χ3n) is 3.75. The second kappa shape index (κ2) is 7.05. The van der Waals surface area contributed by atoms with E-state index in [1.54, 1.807) is 36.7 Å². The van der Waals surface area contributed by atoms with Crippen molar-refractivity contribution in [3.8, 4) is 11.6 Å². The van der Waals surface area contributed by atoms with Crippen LogP contribution in [0.1, 0.15) is 41.7 Å².